The highest BCUT2D eigenvalue weighted by Gasteiger charge is 2.25. The molecule has 1 atom stereocenters. The van der Waals surface area contributed by atoms with E-state index in [0.717, 1.165) is 37.1 Å². The van der Waals surface area contributed by atoms with E-state index in [2.05, 4.69) is 4.90 Å². The number of carbonyl (C=O) groups is 2. The molecule has 0 aliphatic carbocycles. The first-order valence-corrected chi connectivity index (χ1v) is 7.65. The number of rotatable bonds is 5. The van der Waals surface area contributed by atoms with E-state index < -0.39 is 0 Å². The summed E-state index contributed by atoms with van der Waals surface area (Å²) in [5.41, 5.74) is 1.80. The van der Waals surface area contributed by atoms with E-state index in [1.807, 2.05) is 31.2 Å². The summed E-state index contributed by atoms with van der Waals surface area (Å²) in [6, 6.07) is 7.85. The topological polar surface area (TPSA) is 46.6 Å². The van der Waals surface area contributed by atoms with E-state index in [9.17, 15) is 9.59 Å². The van der Waals surface area contributed by atoms with Gasteiger partial charge in [-0.1, -0.05) is 0 Å². The van der Waals surface area contributed by atoms with Crippen molar-refractivity contribution in [3.63, 3.8) is 0 Å². The molecule has 4 heteroatoms. The molecule has 0 N–H and O–H groups in total. The summed E-state index contributed by atoms with van der Waals surface area (Å²) in [5.74, 6) is -0.0574. The first-order valence-electron chi connectivity index (χ1n) is 7.65. The van der Waals surface area contributed by atoms with E-state index in [-0.39, 0.29) is 17.8 Å². The SMILES string of the molecule is CCOC(=O)CC1CCCCN1c1ccc(C(C)=O)cc1. The van der Waals surface area contributed by atoms with E-state index in [0.29, 0.717) is 13.0 Å². The fraction of sp³-hybridized carbons (Fsp3) is 0.529. The van der Waals surface area contributed by atoms with Gasteiger partial charge in [0.1, 0.15) is 0 Å². The summed E-state index contributed by atoms with van der Waals surface area (Å²) in [4.78, 5) is 25.3. The summed E-state index contributed by atoms with van der Waals surface area (Å²) in [6.45, 7) is 4.78. The van der Waals surface area contributed by atoms with Gasteiger partial charge in [-0.2, -0.15) is 0 Å². The molecule has 0 aromatic heterocycles. The van der Waals surface area contributed by atoms with Crippen molar-refractivity contribution in [3.05, 3.63) is 29.8 Å². The third-order valence-electron chi connectivity index (χ3n) is 3.94. The Labute approximate surface area is 126 Å². The molecule has 0 saturated carbocycles. The smallest absolute Gasteiger partial charge is 0.307 e. The van der Waals surface area contributed by atoms with Crippen LogP contribution in [0.5, 0.6) is 0 Å². The molecular formula is C17H23NO3. The van der Waals surface area contributed by atoms with Gasteiger partial charge in [0.2, 0.25) is 0 Å². The van der Waals surface area contributed by atoms with E-state index in [1.165, 1.54) is 0 Å². The zero-order valence-electron chi connectivity index (χ0n) is 12.8. The van der Waals surface area contributed by atoms with Crippen LogP contribution in [0, 0.1) is 0 Å². The van der Waals surface area contributed by atoms with Gasteiger partial charge in [0.05, 0.1) is 13.0 Å². The van der Waals surface area contributed by atoms with Gasteiger partial charge < -0.3 is 9.64 Å². The molecule has 0 spiro atoms. The summed E-state index contributed by atoms with van der Waals surface area (Å²) in [5, 5.41) is 0. The summed E-state index contributed by atoms with van der Waals surface area (Å²) in [6.07, 6.45) is 3.72. The van der Waals surface area contributed by atoms with Gasteiger partial charge in [0.25, 0.3) is 0 Å². The number of ether oxygens (including phenoxy) is 1. The van der Waals surface area contributed by atoms with Crippen molar-refractivity contribution in [3.8, 4) is 0 Å². The number of Topliss-reactive ketones (excluding diaryl/α,β-unsaturated/α-hetero) is 1. The second-order valence-corrected chi connectivity index (χ2v) is 5.46. The van der Waals surface area contributed by atoms with Crippen molar-refractivity contribution in [1.82, 2.24) is 0 Å². The van der Waals surface area contributed by atoms with E-state index in [4.69, 9.17) is 4.74 Å². The second kappa shape index (κ2) is 7.25. The molecule has 1 aromatic rings. The molecule has 1 aliphatic heterocycles. The summed E-state index contributed by atoms with van der Waals surface area (Å²) < 4.78 is 5.07. The zero-order valence-corrected chi connectivity index (χ0v) is 12.8. The van der Waals surface area contributed by atoms with Crippen LogP contribution < -0.4 is 4.90 Å². The minimum Gasteiger partial charge on any atom is -0.466 e. The molecule has 1 fully saturated rings. The number of hydrogen-bond donors (Lipinski definition) is 0. The van der Waals surface area contributed by atoms with E-state index >= 15 is 0 Å². The lowest BCUT2D eigenvalue weighted by atomic mass is 9.98. The third-order valence-corrected chi connectivity index (χ3v) is 3.94. The predicted octanol–water partition coefficient (Wildman–Crippen LogP) is 3.20. The second-order valence-electron chi connectivity index (χ2n) is 5.46. The lowest BCUT2D eigenvalue weighted by Gasteiger charge is -2.37. The zero-order chi connectivity index (χ0) is 15.2. The standard InChI is InChI=1S/C17H23NO3/c1-3-21-17(20)12-16-6-4-5-11-18(16)15-9-7-14(8-10-15)13(2)19/h7-10,16H,3-6,11-12H2,1-2H3. The van der Waals surface area contributed by atoms with Gasteiger partial charge in [-0.15, -0.1) is 0 Å². The van der Waals surface area contributed by atoms with Crippen LogP contribution in [0.1, 0.15) is 49.9 Å². The van der Waals surface area contributed by atoms with Crippen LogP contribution in [0.2, 0.25) is 0 Å². The summed E-state index contributed by atoms with van der Waals surface area (Å²) >= 11 is 0. The van der Waals surface area contributed by atoms with Gasteiger partial charge in [-0.05, 0) is 57.4 Å². The van der Waals surface area contributed by atoms with Gasteiger partial charge in [-0.3, -0.25) is 9.59 Å². The fourth-order valence-corrected chi connectivity index (χ4v) is 2.85. The number of nitrogens with zero attached hydrogens (tertiary/aromatic N) is 1. The van der Waals surface area contributed by atoms with Gasteiger partial charge in [0, 0.05) is 23.8 Å². The molecule has 21 heavy (non-hydrogen) atoms. The van der Waals surface area contributed by atoms with Crippen molar-refractivity contribution >= 4 is 17.4 Å². The molecule has 4 nitrogen and oxygen atoms in total. The number of benzene rings is 1. The Morgan fingerprint density at radius 2 is 1.95 bits per heavy atom. The van der Waals surface area contributed by atoms with Crippen LogP contribution in [0.15, 0.2) is 24.3 Å². The maximum absolute atomic E-state index is 11.7. The molecule has 0 amide bonds. The Hall–Kier alpha value is -1.84. The van der Waals surface area contributed by atoms with Crippen molar-refractivity contribution in [2.45, 2.75) is 45.6 Å². The third kappa shape index (κ3) is 4.06. The normalized spacial score (nSPS) is 18.4. The predicted molar refractivity (Wildman–Crippen MR) is 82.7 cm³/mol. The number of anilines is 1. The average Bonchev–Trinajstić information content (AvgIpc) is 2.48. The van der Waals surface area contributed by atoms with Crippen LogP contribution in [0.3, 0.4) is 0 Å². The lowest BCUT2D eigenvalue weighted by Crippen LogP contribution is -2.41. The quantitative estimate of drug-likeness (QED) is 0.617. The summed E-state index contributed by atoms with van der Waals surface area (Å²) in [7, 11) is 0. The van der Waals surface area contributed by atoms with Crippen LogP contribution in [0.25, 0.3) is 0 Å². The highest BCUT2D eigenvalue weighted by Crippen LogP contribution is 2.27. The molecule has 1 heterocycles. The van der Waals surface area contributed by atoms with Crippen molar-refractivity contribution in [2.75, 3.05) is 18.1 Å². The molecule has 114 valence electrons. The highest BCUT2D eigenvalue weighted by atomic mass is 16.5. The molecule has 1 unspecified atom stereocenters. The van der Waals surface area contributed by atoms with E-state index in [1.54, 1.807) is 6.92 Å². The lowest BCUT2D eigenvalue weighted by molar-refractivity contribution is -0.143. The van der Waals surface area contributed by atoms with Gasteiger partial charge in [-0.25, -0.2) is 0 Å². The Bertz CT molecular complexity index is 495. The Balaban J connectivity index is 2.10. The molecule has 2 rings (SSSR count). The van der Waals surface area contributed by atoms with Crippen molar-refractivity contribution in [2.24, 2.45) is 0 Å². The maximum Gasteiger partial charge on any atom is 0.307 e. The number of carbonyl (C=O) groups excluding carboxylic acids is 2. The minimum atomic E-state index is -0.130. The van der Waals surface area contributed by atoms with Crippen LogP contribution in [-0.2, 0) is 9.53 Å². The fourth-order valence-electron chi connectivity index (χ4n) is 2.85. The molecule has 0 bridgehead atoms. The molecule has 1 saturated heterocycles. The first kappa shape index (κ1) is 15.5. The highest BCUT2D eigenvalue weighted by molar-refractivity contribution is 5.94. The Morgan fingerprint density at radius 3 is 2.57 bits per heavy atom. The molecule has 0 radical (unpaired) electrons. The molecule has 1 aromatic carbocycles. The monoisotopic (exact) mass is 289 g/mol. The largest absolute Gasteiger partial charge is 0.466 e. The van der Waals surface area contributed by atoms with Crippen molar-refractivity contribution < 1.29 is 14.3 Å². The van der Waals surface area contributed by atoms with Gasteiger partial charge >= 0.3 is 5.97 Å². The number of ketones is 1. The molecular weight excluding hydrogens is 266 g/mol. The maximum atomic E-state index is 11.7. The van der Waals surface area contributed by atoms with Crippen LogP contribution in [-0.4, -0.2) is 30.9 Å². The number of hydrogen-bond acceptors (Lipinski definition) is 4. The van der Waals surface area contributed by atoms with Crippen LogP contribution >= 0.6 is 0 Å². The van der Waals surface area contributed by atoms with Crippen LogP contribution in [0.4, 0.5) is 5.69 Å². The Morgan fingerprint density at radius 1 is 1.24 bits per heavy atom. The number of esters is 1. The molecule has 1 aliphatic rings. The Kier molecular flexibility index (Phi) is 5.37. The van der Waals surface area contributed by atoms with Gasteiger partial charge in [0.15, 0.2) is 5.78 Å². The minimum absolute atomic E-state index is 0.0725. The average molecular weight is 289 g/mol. The number of piperidine rings is 1. The van der Waals surface area contributed by atoms with Crippen molar-refractivity contribution in [1.29, 1.82) is 0 Å². The first-order chi connectivity index (χ1) is 10.1.